The number of hydrogen-bond donors (Lipinski definition) is 3. The summed E-state index contributed by atoms with van der Waals surface area (Å²) in [6, 6.07) is -0.331. The van der Waals surface area contributed by atoms with Crippen LogP contribution in [0.4, 0.5) is 4.79 Å². The Kier molecular flexibility index (Phi) is 2.91. The fraction of sp³-hybridized carbons (Fsp3) is 0.700. The van der Waals surface area contributed by atoms with E-state index in [1.165, 1.54) is 4.90 Å². The number of urea groups is 1. The van der Waals surface area contributed by atoms with Crippen LogP contribution in [0.5, 0.6) is 0 Å². The van der Waals surface area contributed by atoms with E-state index >= 15 is 0 Å². The van der Waals surface area contributed by atoms with Gasteiger partial charge < -0.3 is 16.8 Å². The summed E-state index contributed by atoms with van der Waals surface area (Å²) in [4.78, 5) is 28.8. The number of imide groups is 1. The number of nitrogens with zero attached hydrogens (tertiary/aromatic N) is 2. The molecular weight excluding hydrogens is 222 g/mol. The number of hydrogen-bond acceptors (Lipinski definition) is 3. The average Bonchev–Trinajstić information content (AvgIpc) is 2.80. The first-order valence-electron chi connectivity index (χ1n) is 5.75. The number of rotatable bonds is 3. The van der Waals surface area contributed by atoms with E-state index in [2.05, 4.69) is 10.3 Å². The van der Waals surface area contributed by atoms with Crippen LogP contribution in [0.25, 0.3) is 0 Å². The second-order valence-electron chi connectivity index (χ2n) is 4.48. The van der Waals surface area contributed by atoms with Crippen molar-refractivity contribution in [3.05, 3.63) is 0 Å². The smallest absolute Gasteiger partial charge is 0.325 e. The van der Waals surface area contributed by atoms with E-state index in [1.807, 2.05) is 0 Å². The highest BCUT2D eigenvalue weighted by atomic mass is 16.2. The number of guanidine groups is 1. The standard InChI is InChI=1S/C10H17N5O2/c11-8(12)13-5-6-15-7(16)10(14-9(15)17)3-1-2-4-10/h1-6H2,(H,14,17)(H4,11,12,13). The van der Waals surface area contributed by atoms with Crippen molar-refractivity contribution in [1.82, 2.24) is 10.2 Å². The fourth-order valence-corrected chi connectivity index (χ4v) is 2.48. The molecule has 1 saturated heterocycles. The van der Waals surface area contributed by atoms with Crippen LogP contribution in [-0.4, -0.2) is 41.4 Å². The van der Waals surface area contributed by atoms with Crippen molar-refractivity contribution in [3.63, 3.8) is 0 Å². The molecule has 0 bridgehead atoms. The maximum Gasteiger partial charge on any atom is 0.325 e. The monoisotopic (exact) mass is 239 g/mol. The highest BCUT2D eigenvalue weighted by molar-refractivity contribution is 6.07. The normalized spacial score (nSPS) is 22.0. The minimum Gasteiger partial charge on any atom is -0.370 e. The summed E-state index contributed by atoms with van der Waals surface area (Å²) in [5, 5.41) is 2.79. The van der Waals surface area contributed by atoms with Gasteiger partial charge >= 0.3 is 6.03 Å². The summed E-state index contributed by atoms with van der Waals surface area (Å²) in [6.07, 6.45) is 3.42. The molecule has 0 aromatic heterocycles. The van der Waals surface area contributed by atoms with Crippen molar-refractivity contribution < 1.29 is 9.59 Å². The third-order valence-electron chi connectivity index (χ3n) is 3.32. The molecule has 2 aliphatic rings. The van der Waals surface area contributed by atoms with Crippen LogP contribution in [-0.2, 0) is 4.79 Å². The third kappa shape index (κ3) is 2.04. The number of nitrogens with two attached hydrogens (primary N) is 2. The molecule has 7 heteroatoms. The Morgan fingerprint density at radius 1 is 1.35 bits per heavy atom. The third-order valence-corrected chi connectivity index (χ3v) is 3.32. The Morgan fingerprint density at radius 3 is 2.59 bits per heavy atom. The van der Waals surface area contributed by atoms with E-state index in [9.17, 15) is 9.59 Å². The minimum absolute atomic E-state index is 0.0346. The number of carbonyl (C=O) groups is 2. The van der Waals surface area contributed by atoms with Gasteiger partial charge in [0, 0.05) is 0 Å². The Balaban J connectivity index is 2.02. The van der Waals surface area contributed by atoms with E-state index in [4.69, 9.17) is 11.5 Å². The van der Waals surface area contributed by atoms with E-state index in [1.54, 1.807) is 0 Å². The van der Waals surface area contributed by atoms with Crippen LogP contribution in [0.2, 0.25) is 0 Å². The maximum absolute atomic E-state index is 12.1. The van der Waals surface area contributed by atoms with Gasteiger partial charge in [0.25, 0.3) is 5.91 Å². The van der Waals surface area contributed by atoms with Gasteiger partial charge in [-0.25, -0.2) is 4.79 Å². The molecule has 1 spiro atoms. The highest BCUT2D eigenvalue weighted by Gasteiger charge is 2.51. The molecule has 0 aromatic carbocycles. The summed E-state index contributed by atoms with van der Waals surface area (Å²) >= 11 is 0. The van der Waals surface area contributed by atoms with Crippen molar-refractivity contribution in [2.24, 2.45) is 16.5 Å². The minimum atomic E-state index is -0.644. The molecule has 2 rings (SSSR count). The first-order valence-corrected chi connectivity index (χ1v) is 5.75. The first kappa shape index (κ1) is 11.7. The van der Waals surface area contributed by atoms with Gasteiger partial charge in [-0.3, -0.25) is 14.7 Å². The Labute approximate surface area is 99.2 Å². The van der Waals surface area contributed by atoms with Gasteiger partial charge in [-0.05, 0) is 12.8 Å². The van der Waals surface area contributed by atoms with Gasteiger partial charge in [0.2, 0.25) is 0 Å². The number of nitrogens with one attached hydrogen (secondary N) is 1. The Morgan fingerprint density at radius 2 is 2.00 bits per heavy atom. The first-order chi connectivity index (χ1) is 8.05. The summed E-state index contributed by atoms with van der Waals surface area (Å²) in [5.41, 5.74) is 9.73. The molecule has 17 heavy (non-hydrogen) atoms. The Bertz CT molecular complexity index is 369. The van der Waals surface area contributed by atoms with Gasteiger partial charge in [0.1, 0.15) is 5.54 Å². The zero-order valence-corrected chi connectivity index (χ0v) is 9.61. The fourth-order valence-electron chi connectivity index (χ4n) is 2.48. The molecular formula is C10H17N5O2. The maximum atomic E-state index is 12.1. The molecule has 0 atom stereocenters. The van der Waals surface area contributed by atoms with E-state index < -0.39 is 5.54 Å². The molecule has 94 valence electrons. The van der Waals surface area contributed by atoms with Crippen LogP contribution in [0, 0.1) is 0 Å². The molecule has 1 saturated carbocycles. The quantitative estimate of drug-likeness (QED) is 0.337. The van der Waals surface area contributed by atoms with Gasteiger partial charge in [-0.2, -0.15) is 0 Å². The lowest BCUT2D eigenvalue weighted by molar-refractivity contribution is -0.131. The highest BCUT2D eigenvalue weighted by Crippen LogP contribution is 2.34. The van der Waals surface area contributed by atoms with Crippen LogP contribution in [0.3, 0.4) is 0 Å². The molecule has 0 radical (unpaired) electrons. The molecule has 0 unspecified atom stereocenters. The number of amides is 3. The van der Waals surface area contributed by atoms with Gasteiger partial charge in [-0.1, -0.05) is 12.8 Å². The van der Waals surface area contributed by atoms with E-state index in [0.717, 1.165) is 25.7 Å². The second-order valence-corrected chi connectivity index (χ2v) is 4.48. The predicted molar refractivity (Wildman–Crippen MR) is 62.1 cm³/mol. The van der Waals surface area contributed by atoms with Gasteiger partial charge in [0.15, 0.2) is 5.96 Å². The SMILES string of the molecule is NC(N)=NCCN1C(=O)NC2(CCCC2)C1=O. The van der Waals surface area contributed by atoms with E-state index in [0.29, 0.717) is 0 Å². The van der Waals surface area contributed by atoms with Crippen molar-refractivity contribution in [3.8, 4) is 0 Å². The zero-order chi connectivity index (χ0) is 12.5. The van der Waals surface area contributed by atoms with Crippen molar-refractivity contribution in [2.45, 2.75) is 31.2 Å². The molecule has 2 fully saturated rings. The lowest BCUT2D eigenvalue weighted by Crippen LogP contribution is -2.44. The summed E-state index contributed by atoms with van der Waals surface area (Å²) in [7, 11) is 0. The molecule has 0 aromatic rings. The molecule has 5 N–H and O–H groups in total. The predicted octanol–water partition coefficient (Wildman–Crippen LogP) is -0.876. The number of carbonyl (C=O) groups excluding carboxylic acids is 2. The lowest BCUT2D eigenvalue weighted by Gasteiger charge is -2.19. The molecule has 1 aliphatic carbocycles. The van der Waals surface area contributed by atoms with Gasteiger partial charge in [0.05, 0.1) is 13.1 Å². The van der Waals surface area contributed by atoms with Crippen molar-refractivity contribution >= 4 is 17.9 Å². The van der Waals surface area contributed by atoms with E-state index in [-0.39, 0.29) is 31.0 Å². The average molecular weight is 239 g/mol. The summed E-state index contributed by atoms with van der Waals surface area (Å²) in [5.74, 6) is -0.168. The summed E-state index contributed by atoms with van der Waals surface area (Å²) < 4.78 is 0. The van der Waals surface area contributed by atoms with Crippen LogP contribution < -0.4 is 16.8 Å². The summed E-state index contributed by atoms with van der Waals surface area (Å²) in [6.45, 7) is 0.474. The zero-order valence-electron chi connectivity index (χ0n) is 9.61. The molecule has 7 nitrogen and oxygen atoms in total. The van der Waals surface area contributed by atoms with Crippen molar-refractivity contribution in [1.29, 1.82) is 0 Å². The van der Waals surface area contributed by atoms with Gasteiger partial charge in [-0.15, -0.1) is 0 Å². The Hall–Kier alpha value is -1.79. The molecule has 1 heterocycles. The van der Waals surface area contributed by atoms with Crippen LogP contribution in [0.15, 0.2) is 4.99 Å². The molecule has 1 aliphatic heterocycles. The molecule has 3 amide bonds. The topological polar surface area (TPSA) is 114 Å². The van der Waals surface area contributed by atoms with Crippen LogP contribution >= 0.6 is 0 Å². The second kappa shape index (κ2) is 4.23. The van der Waals surface area contributed by atoms with Crippen LogP contribution in [0.1, 0.15) is 25.7 Å². The largest absolute Gasteiger partial charge is 0.370 e. The lowest BCUT2D eigenvalue weighted by atomic mass is 9.98. The van der Waals surface area contributed by atoms with Crippen molar-refractivity contribution in [2.75, 3.05) is 13.1 Å². The number of aliphatic imine (C=N–C) groups is 1.